The van der Waals surface area contributed by atoms with Crippen molar-refractivity contribution in [2.75, 3.05) is 23.3 Å². The van der Waals surface area contributed by atoms with E-state index in [0.29, 0.717) is 6.07 Å². The molecule has 0 aliphatic carbocycles. The monoisotopic (exact) mass is 399 g/mol. The van der Waals surface area contributed by atoms with Crippen LogP contribution in [0.4, 0.5) is 24.5 Å². The highest BCUT2D eigenvalue weighted by atomic mass is 32.2. The summed E-state index contributed by atoms with van der Waals surface area (Å²) in [7, 11) is -4.22. The fraction of sp³-hybridized carbons (Fsp3) is 0.333. The van der Waals surface area contributed by atoms with Crippen molar-refractivity contribution >= 4 is 21.4 Å². The van der Waals surface area contributed by atoms with E-state index in [1.54, 1.807) is 0 Å². The molecule has 0 bridgehead atoms. The first kappa shape index (κ1) is 19.5. The molecule has 0 saturated carbocycles. The van der Waals surface area contributed by atoms with Crippen molar-refractivity contribution in [1.29, 1.82) is 0 Å². The van der Waals surface area contributed by atoms with Crippen LogP contribution >= 0.6 is 0 Å². The van der Waals surface area contributed by atoms with Gasteiger partial charge >= 0.3 is 6.18 Å². The number of sulfonamides is 1. The van der Waals surface area contributed by atoms with Crippen LogP contribution in [0.3, 0.4) is 0 Å². The summed E-state index contributed by atoms with van der Waals surface area (Å²) >= 11 is 0. The summed E-state index contributed by atoms with van der Waals surface area (Å²) in [5, 5.41) is 7.76. The molecule has 3 rings (SSSR count). The molecule has 5 nitrogen and oxygen atoms in total. The predicted octanol–water partition coefficient (Wildman–Crippen LogP) is 3.22. The van der Waals surface area contributed by atoms with Gasteiger partial charge in [-0.3, -0.25) is 0 Å². The molecule has 1 heterocycles. The Balaban J connectivity index is 1.80. The van der Waals surface area contributed by atoms with Crippen molar-refractivity contribution in [3.05, 3.63) is 53.6 Å². The Kier molecular flexibility index (Phi) is 5.09. The number of nitrogens with one attached hydrogen (secondary N) is 1. The van der Waals surface area contributed by atoms with Crippen molar-refractivity contribution in [3.8, 4) is 0 Å². The van der Waals surface area contributed by atoms with E-state index in [2.05, 4.69) is 10.2 Å². The molecular weight excluding hydrogens is 379 g/mol. The molecule has 9 heteroatoms. The lowest BCUT2D eigenvalue weighted by Crippen LogP contribution is -2.37. The Morgan fingerprint density at radius 1 is 1.22 bits per heavy atom. The van der Waals surface area contributed by atoms with Gasteiger partial charge in [0.2, 0.25) is 10.0 Å². The van der Waals surface area contributed by atoms with Crippen LogP contribution in [0.1, 0.15) is 18.1 Å². The molecule has 0 spiro atoms. The highest BCUT2D eigenvalue weighted by Crippen LogP contribution is 2.36. The maximum absolute atomic E-state index is 13.4. The molecule has 2 aromatic rings. The Labute approximate surface area is 156 Å². The molecule has 0 saturated heterocycles. The highest BCUT2D eigenvalue weighted by Gasteiger charge is 2.35. The summed E-state index contributed by atoms with van der Waals surface area (Å²) in [4.78, 5) is 1.58. The number of alkyl halides is 3. The fourth-order valence-corrected chi connectivity index (χ4v) is 3.82. The number of anilines is 2. The number of halogens is 3. The average Bonchev–Trinajstić information content (AvgIpc) is 3.02. The molecule has 146 valence electrons. The van der Waals surface area contributed by atoms with Crippen LogP contribution in [0.5, 0.6) is 0 Å². The van der Waals surface area contributed by atoms with E-state index in [1.807, 2.05) is 31.2 Å². The van der Waals surface area contributed by atoms with E-state index in [-0.39, 0.29) is 18.3 Å². The number of nitrogens with two attached hydrogens (primary N) is 1. The van der Waals surface area contributed by atoms with Gasteiger partial charge in [0.25, 0.3) is 0 Å². The maximum atomic E-state index is 13.4. The number of rotatable bonds is 5. The number of primary sulfonamides is 1. The van der Waals surface area contributed by atoms with Crippen LogP contribution in [0.15, 0.2) is 47.4 Å². The van der Waals surface area contributed by atoms with Crippen LogP contribution in [-0.2, 0) is 22.6 Å². The largest absolute Gasteiger partial charge is 0.418 e. The summed E-state index contributed by atoms with van der Waals surface area (Å²) in [6.45, 7) is 3.01. The van der Waals surface area contributed by atoms with E-state index in [0.717, 1.165) is 30.8 Å². The third kappa shape index (κ3) is 4.19. The summed E-state index contributed by atoms with van der Waals surface area (Å²) in [5.74, 6) is 0. The van der Waals surface area contributed by atoms with Crippen LogP contribution in [0.2, 0.25) is 0 Å². The topological polar surface area (TPSA) is 75.4 Å². The second-order valence-corrected chi connectivity index (χ2v) is 8.11. The van der Waals surface area contributed by atoms with Crippen LogP contribution in [0.25, 0.3) is 0 Å². The quantitative estimate of drug-likeness (QED) is 0.810. The molecule has 0 amide bonds. The first-order valence-electron chi connectivity index (χ1n) is 8.40. The first-order valence-corrected chi connectivity index (χ1v) is 9.94. The van der Waals surface area contributed by atoms with Gasteiger partial charge in [-0.15, -0.1) is 0 Å². The Morgan fingerprint density at radius 2 is 1.93 bits per heavy atom. The number of para-hydroxylation sites is 1. The Morgan fingerprint density at radius 3 is 2.59 bits per heavy atom. The van der Waals surface area contributed by atoms with Gasteiger partial charge in [0, 0.05) is 30.5 Å². The lowest BCUT2D eigenvalue weighted by Gasteiger charge is -2.28. The molecular formula is C18H20F3N3O2S. The lowest BCUT2D eigenvalue weighted by atomic mass is 10.1. The van der Waals surface area contributed by atoms with Crippen molar-refractivity contribution in [3.63, 3.8) is 0 Å². The molecule has 1 aliphatic rings. The van der Waals surface area contributed by atoms with Crippen LogP contribution in [0, 0.1) is 0 Å². The third-order valence-corrected chi connectivity index (χ3v) is 5.58. The van der Waals surface area contributed by atoms with Gasteiger partial charge in [-0.05, 0) is 43.2 Å². The number of hydrogen-bond donors (Lipinski definition) is 2. The van der Waals surface area contributed by atoms with Crippen LogP contribution in [-0.4, -0.2) is 27.5 Å². The van der Waals surface area contributed by atoms with Gasteiger partial charge < -0.3 is 10.2 Å². The summed E-state index contributed by atoms with van der Waals surface area (Å²) in [5.41, 5.74) is 1.09. The number of nitrogens with zero attached hydrogens (tertiary/aromatic N) is 1. The molecule has 2 aromatic carbocycles. The van der Waals surface area contributed by atoms with Gasteiger partial charge in [-0.25, -0.2) is 13.6 Å². The predicted molar refractivity (Wildman–Crippen MR) is 98.3 cm³/mol. The number of benzene rings is 2. The number of fused-ring (bicyclic) bond motifs is 1. The van der Waals surface area contributed by atoms with Crippen molar-refractivity contribution in [2.45, 2.75) is 30.5 Å². The van der Waals surface area contributed by atoms with E-state index in [1.165, 1.54) is 5.56 Å². The second kappa shape index (κ2) is 7.05. The van der Waals surface area contributed by atoms with Crippen molar-refractivity contribution in [2.24, 2.45) is 5.14 Å². The van der Waals surface area contributed by atoms with Crippen molar-refractivity contribution in [1.82, 2.24) is 0 Å². The van der Waals surface area contributed by atoms with Gasteiger partial charge in [0.15, 0.2) is 0 Å². The lowest BCUT2D eigenvalue weighted by molar-refractivity contribution is -0.137. The molecule has 1 aliphatic heterocycles. The van der Waals surface area contributed by atoms with E-state index < -0.39 is 26.7 Å². The normalized spacial score (nSPS) is 15.5. The maximum Gasteiger partial charge on any atom is 0.418 e. The molecule has 0 radical (unpaired) electrons. The van der Waals surface area contributed by atoms with E-state index in [4.69, 9.17) is 5.14 Å². The molecule has 27 heavy (non-hydrogen) atoms. The molecule has 0 aromatic heterocycles. The third-order valence-electron chi connectivity index (χ3n) is 4.67. The summed E-state index contributed by atoms with van der Waals surface area (Å²) in [6.07, 6.45) is -3.80. The van der Waals surface area contributed by atoms with Crippen molar-refractivity contribution < 1.29 is 21.6 Å². The number of hydrogen-bond acceptors (Lipinski definition) is 4. The zero-order chi connectivity index (χ0) is 19.8. The smallest absolute Gasteiger partial charge is 0.382 e. The standard InChI is InChI=1S/C18H20F3N3O2S/c1-12(24-9-8-13-4-2-3-5-17(13)24)11-23-16-7-6-14(27(22,25)26)10-15(16)18(19,20)21/h2-7,10,12,23H,8-9,11H2,1H3,(H2,22,25,26). The van der Waals surface area contributed by atoms with Crippen LogP contribution < -0.4 is 15.4 Å². The zero-order valence-corrected chi connectivity index (χ0v) is 15.4. The first-order chi connectivity index (χ1) is 12.6. The Hall–Kier alpha value is -2.26. The highest BCUT2D eigenvalue weighted by molar-refractivity contribution is 7.89. The molecule has 1 unspecified atom stereocenters. The van der Waals surface area contributed by atoms with E-state index >= 15 is 0 Å². The molecule has 1 atom stereocenters. The summed E-state index contributed by atoms with van der Waals surface area (Å²) < 4.78 is 62.8. The van der Waals surface area contributed by atoms with Gasteiger partial charge in [-0.2, -0.15) is 13.2 Å². The molecule has 3 N–H and O–H groups in total. The van der Waals surface area contributed by atoms with Gasteiger partial charge in [0.05, 0.1) is 10.5 Å². The summed E-state index contributed by atoms with van der Waals surface area (Å²) in [6, 6.07) is 10.6. The minimum atomic E-state index is -4.70. The minimum Gasteiger partial charge on any atom is -0.382 e. The fourth-order valence-electron chi connectivity index (χ4n) is 3.28. The SMILES string of the molecule is CC(CNc1ccc(S(N)(=O)=O)cc1C(F)(F)F)N1CCc2ccccc21. The molecule has 0 fully saturated rings. The van der Waals surface area contributed by atoms with Gasteiger partial charge in [0.1, 0.15) is 0 Å². The Bertz CT molecular complexity index is 945. The second-order valence-electron chi connectivity index (χ2n) is 6.55. The minimum absolute atomic E-state index is 0.0485. The van der Waals surface area contributed by atoms with E-state index in [9.17, 15) is 21.6 Å². The zero-order valence-electron chi connectivity index (χ0n) is 14.6. The average molecular weight is 399 g/mol. The van der Waals surface area contributed by atoms with Gasteiger partial charge in [-0.1, -0.05) is 18.2 Å².